The number of hydrogen-bond donors (Lipinski definition) is 0. The second-order valence-corrected chi connectivity index (χ2v) is 16.5. The van der Waals surface area contributed by atoms with E-state index >= 15 is 4.79 Å². The summed E-state index contributed by atoms with van der Waals surface area (Å²) in [6, 6.07) is 37.4. The van der Waals surface area contributed by atoms with Gasteiger partial charge in [0.25, 0.3) is 11.8 Å². The first-order valence-electron chi connectivity index (χ1n) is 21.0. The number of rotatable bonds is 6. The second-order valence-electron chi connectivity index (χ2n) is 16.5. The van der Waals surface area contributed by atoms with Crippen molar-refractivity contribution >= 4 is 39.3 Å². The topological polar surface area (TPSA) is 42.3 Å². The third kappa shape index (κ3) is 8.01. The Morgan fingerprint density at radius 3 is 1.20 bits per heavy atom. The Morgan fingerprint density at radius 1 is 0.314 bits per heavy atom. The van der Waals surface area contributed by atoms with Gasteiger partial charge in [0, 0.05) is 16.3 Å². The molecular formula is C54H28F12N2O2. The van der Waals surface area contributed by atoms with Gasteiger partial charge in [0.1, 0.15) is 0 Å². The van der Waals surface area contributed by atoms with E-state index in [9.17, 15) is 57.5 Å². The molecule has 9 aromatic rings. The standard InChI is InChI=1S/C54H28F12N2O2/c55-51(56,57)36-20-34(21-37(27-36)52(58,59)60)32-14-17-40-41-18-15-33(35-22-38(53(61,62)63)28-39(23-35)54(64,65)66)26-47(41)67(46(40)25-32)45-13-7-12-42-48(45)50(70)68(49(42)69)44-19-16-31(29-8-3-1-4-9-29)24-43(44)30-10-5-2-6-11-30/h1-28H. The quantitative estimate of drug-likeness (QED) is 0.123. The van der Waals surface area contributed by atoms with Gasteiger partial charge in [0.05, 0.1) is 55.8 Å². The molecule has 0 saturated heterocycles. The molecule has 0 saturated carbocycles. The number of fused-ring (bicyclic) bond motifs is 4. The maximum Gasteiger partial charge on any atom is 0.416 e. The largest absolute Gasteiger partial charge is 0.416 e. The van der Waals surface area contributed by atoms with Gasteiger partial charge in [-0.15, -0.1) is 0 Å². The van der Waals surface area contributed by atoms with Crippen LogP contribution in [0.3, 0.4) is 0 Å². The number of alkyl halides is 12. The van der Waals surface area contributed by atoms with E-state index in [0.717, 1.165) is 16.0 Å². The number of carbonyl (C=O) groups excluding carboxylic acids is 2. The first-order chi connectivity index (χ1) is 33.1. The molecule has 70 heavy (non-hydrogen) atoms. The molecule has 2 amide bonds. The molecule has 10 rings (SSSR count). The van der Waals surface area contributed by atoms with Crippen molar-refractivity contribution in [3.05, 3.63) is 203 Å². The SMILES string of the molecule is O=C1c2cccc(-n3c4cc(-c5cc(C(F)(F)F)cc(C(F)(F)F)c5)ccc4c4ccc(-c5cc(C(F)(F)F)cc(C(F)(F)F)c5)cc43)c2C(=O)N1c1ccc(-c2ccccc2)cc1-c1ccccc1. The van der Waals surface area contributed by atoms with Crippen molar-refractivity contribution in [1.29, 1.82) is 0 Å². The molecule has 8 aromatic carbocycles. The minimum atomic E-state index is -5.20. The van der Waals surface area contributed by atoms with Crippen molar-refractivity contribution in [3.63, 3.8) is 0 Å². The summed E-state index contributed by atoms with van der Waals surface area (Å²) >= 11 is 0. The van der Waals surface area contributed by atoms with Crippen LogP contribution in [0.4, 0.5) is 58.4 Å². The Bertz CT molecular complexity index is 3390. The number of benzene rings is 8. The third-order valence-electron chi connectivity index (χ3n) is 12.2. The molecule has 0 bridgehead atoms. The van der Waals surface area contributed by atoms with Gasteiger partial charge in [-0.3, -0.25) is 9.59 Å². The molecule has 1 aromatic heterocycles. The molecule has 0 spiro atoms. The van der Waals surface area contributed by atoms with Crippen LogP contribution in [0.15, 0.2) is 170 Å². The van der Waals surface area contributed by atoms with Gasteiger partial charge in [0.2, 0.25) is 0 Å². The van der Waals surface area contributed by atoms with Crippen LogP contribution in [0, 0.1) is 0 Å². The van der Waals surface area contributed by atoms with Crippen LogP contribution < -0.4 is 4.90 Å². The van der Waals surface area contributed by atoms with Gasteiger partial charge in [-0.25, -0.2) is 4.90 Å². The lowest BCUT2D eigenvalue weighted by atomic mass is 9.97. The summed E-state index contributed by atoms with van der Waals surface area (Å²) in [5.74, 6) is -1.61. The maximum absolute atomic E-state index is 15.1. The fourth-order valence-corrected chi connectivity index (χ4v) is 8.94. The zero-order valence-electron chi connectivity index (χ0n) is 35.4. The van der Waals surface area contributed by atoms with Crippen LogP contribution in [0.1, 0.15) is 43.0 Å². The summed E-state index contributed by atoms with van der Waals surface area (Å²) in [6.07, 6.45) is -20.8. The molecule has 1 aliphatic rings. The molecule has 2 heterocycles. The van der Waals surface area contributed by atoms with Gasteiger partial charge >= 0.3 is 24.7 Å². The molecule has 0 atom stereocenters. The van der Waals surface area contributed by atoms with E-state index in [4.69, 9.17) is 0 Å². The predicted molar refractivity (Wildman–Crippen MR) is 240 cm³/mol. The lowest BCUT2D eigenvalue weighted by molar-refractivity contribution is -0.144. The highest BCUT2D eigenvalue weighted by Crippen LogP contribution is 2.46. The molecule has 0 N–H and O–H groups in total. The van der Waals surface area contributed by atoms with Crippen LogP contribution in [0.2, 0.25) is 0 Å². The van der Waals surface area contributed by atoms with Crippen LogP contribution in [-0.2, 0) is 24.7 Å². The fraction of sp³-hybridized carbons (Fsp3) is 0.0741. The molecule has 0 unspecified atom stereocenters. The molecule has 0 fully saturated rings. The van der Waals surface area contributed by atoms with E-state index in [2.05, 4.69) is 0 Å². The number of nitrogens with zero attached hydrogens (tertiary/aromatic N) is 2. The van der Waals surface area contributed by atoms with Gasteiger partial charge in [-0.1, -0.05) is 97.1 Å². The Labute approximate surface area is 388 Å². The average molecular weight is 965 g/mol. The number of anilines is 1. The van der Waals surface area contributed by atoms with Crippen LogP contribution >= 0.6 is 0 Å². The predicted octanol–water partition coefficient (Wildman–Crippen LogP) is 16.3. The van der Waals surface area contributed by atoms with Crippen molar-refractivity contribution in [2.75, 3.05) is 4.90 Å². The number of carbonyl (C=O) groups is 2. The summed E-state index contributed by atoms with van der Waals surface area (Å²) in [7, 11) is 0. The summed E-state index contributed by atoms with van der Waals surface area (Å²) in [5, 5.41) is 0.532. The lowest BCUT2D eigenvalue weighted by Gasteiger charge is -2.20. The zero-order chi connectivity index (χ0) is 49.7. The number of amides is 2. The summed E-state index contributed by atoms with van der Waals surface area (Å²) in [4.78, 5) is 30.7. The van der Waals surface area contributed by atoms with Crippen molar-refractivity contribution in [1.82, 2.24) is 4.57 Å². The third-order valence-corrected chi connectivity index (χ3v) is 12.2. The normalized spacial score (nSPS) is 13.5. The maximum atomic E-state index is 15.1. The molecule has 0 aliphatic carbocycles. The van der Waals surface area contributed by atoms with E-state index in [1.54, 1.807) is 42.5 Å². The van der Waals surface area contributed by atoms with E-state index in [1.165, 1.54) is 59.2 Å². The number of halogens is 12. The molecule has 4 nitrogen and oxygen atoms in total. The van der Waals surface area contributed by atoms with Crippen LogP contribution in [0.25, 0.3) is 72.0 Å². The zero-order valence-corrected chi connectivity index (χ0v) is 35.4. The van der Waals surface area contributed by atoms with E-state index < -0.39 is 69.9 Å². The Morgan fingerprint density at radius 2 is 0.743 bits per heavy atom. The van der Waals surface area contributed by atoms with Crippen molar-refractivity contribution in [2.24, 2.45) is 0 Å². The van der Waals surface area contributed by atoms with Gasteiger partial charge in [0.15, 0.2) is 0 Å². The highest BCUT2D eigenvalue weighted by molar-refractivity contribution is 6.36. The van der Waals surface area contributed by atoms with Gasteiger partial charge in [-0.05, 0) is 112 Å². The first-order valence-corrected chi connectivity index (χ1v) is 21.0. The summed E-state index contributed by atoms with van der Waals surface area (Å²) in [5.41, 5.74) is -5.11. The molecule has 16 heteroatoms. The highest BCUT2D eigenvalue weighted by atomic mass is 19.4. The molecule has 0 radical (unpaired) electrons. The molecular weight excluding hydrogens is 937 g/mol. The Balaban J connectivity index is 1.22. The molecule has 1 aliphatic heterocycles. The van der Waals surface area contributed by atoms with E-state index in [1.807, 2.05) is 36.4 Å². The number of hydrogen-bond acceptors (Lipinski definition) is 2. The van der Waals surface area contributed by atoms with Crippen molar-refractivity contribution < 1.29 is 62.3 Å². The summed E-state index contributed by atoms with van der Waals surface area (Å²) in [6.45, 7) is 0. The fourth-order valence-electron chi connectivity index (χ4n) is 8.94. The Kier molecular flexibility index (Phi) is 10.6. The number of imide groups is 1. The van der Waals surface area contributed by atoms with Crippen molar-refractivity contribution in [3.8, 4) is 50.2 Å². The van der Waals surface area contributed by atoms with E-state index in [0.29, 0.717) is 35.4 Å². The number of aromatic nitrogens is 1. The van der Waals surface area contributed by atoms with Gasteiger partial charge in [-0.2, -0.15) is 52.7 Å². The van der Waals surface area contributed by atoms with E-state index in [-0.39, 0.29) is 67.6 Å². The van der Waals surface area contributed by atoms with Crippen LogP contribution in [-0.4, -0.2) is 16.4 Å². The minimum Gasteiger partial charge on any atom is -0.308 e. The van der Waals surface area contributed by atoms with Crippen LogP contribution in [0.5, 0.6) is 0 Å². The van der Waals surface area contributed by atoms with Crippen molar-refractivity contribution in [2.45, 2.75) is 24.7 Å². The Hall–Kier alpha value is -8.14. The summed E-state index contributed by atoms with van der Waals surface area (Å²) < 4.78 is 171. The first kappa shape index (κ1) is 45.6. The second kappa shape index (κ2) is 16.2. The monoisotopic (exact) mass is 964 g/mol. The lowest BCUT2D eigenvalue weighted by Crippen LogP contribution is -2.30. The van der Waals surface area contributed by atoms with Gasteiger partial charge < -0.3 is 4.57 Å². The smallest absolute Gasteiger partial charge is 0.308 e. The average Bonchev–Trinajstić information content (AvgIpc) is 3.79. The minimum absolute atomic E-state index is 0.0292. The molecule has 350 valence electrons. The highest BCUT2D eigenvalue weighted by Gasteiger charge is 2.42.